The predicted octanol–water partition coefficient (Wildman–Crippen LogP) is 5.77. The molecule has 0 aliphatic carbocycles. The zero-order chi connectivity index (χ0) is 36.1. The molecule has 3 aliphatic rings. The van der Waals surface area contributed by atoms with Gasteiger partial charge in [-0.15, -0.1) is 11.3 Å². The number of carbonyl (C=O) groups excluding carboxylic acids is 1. The number of hydrogen-bond donors (Lipinski definition) is 1. The van der Waals surface area contributed by atoms with Gasteiger partial charge in [0.05, 0.1) is 36.8 Å². The molecule has 52 heavy (non-hydrogen) atoms. The molecule has 1 amide bonds. The summed E-state index contributed by atoms with van der Waals surface area (Å²) in [6.07, 6.45) is 0.624. The maximum absolute atomic E-state index is 13.1. The summed E-state index contributed by atoms with van der Waals surface area (Å²) in [6.45, 7) is 11.4. The Balaban J connectivity index is 1.02. The fourth-order valence-electron chi connectivity index (χ4n) is 7.76. The molecule has 5 aromatic rings. The third-order valence-electron chi connectivity index (χ3n) is 10.9. The quantitative estimate of drug-likeness (QED) is 0.211. The Bertz CT molecular complexity index is 2220. The summed E-state index contributed by atoms with van der Waals surface area (Å²) in [7, 11) is 2.12. The molecule has 2 aromatic heterocycles. The van der Waals surface area contributed by atoms with Crippen LogP contribution in [0.3, 0.4) is 0 Å². The van der Waals surface area contributed by atoms with E-state index in [0.29, 0.717) is 68.2 Å². The van der Waals surface area contributed by atoms with E-state index in [1.54, 1.807) is 11.3 Å². The Morgan fingerprint density at radius 2 is 1.65 bits per heavy atom. The van der Waals surface area contributed by atoms with Crippen LogP contribution in [0.1, 0.15) is 39.2 Å². The molecular weight excluding hydrogens is 675 g/mol. The van der Waals surface area contributed by atoms with Gasteiger partial charge >= 0.3 is 5.97 Å². The second-order valence-corrected chi connectivity index (χ2v) is 15.4. The first-order chi connectivity index (χ1) is 25.1. The van der Waals surface area contributed by atoms with E-state index in [0.717, 1.165) is 80.7 Å². The van der Waals surface area contributed by atoms with Crippen molar-refractivity contribution in [2.75, 3.05) is 52.9 Å². The van der Waals surface area contributed by atoms with Gasteiger partial charge in [-0.25, -0.2) is 9.97 Å². The predicted molar refractivity (Wildman–Crippen MR) is 199 cm³/mol. The van der Waals surface area contributed by atoms with Gasteiger partial charge in [0, 0.05) is 55.3 Å². The fourth-order valence-corrected chi connectivity index (χ4v) is 8.93. The monoisotopic (exact) mass is 715 g/mol. The first-order valence-electron chi connectivity index (χ1n) is 17.8. The van der Waals surface area contributed by atoms with Gasteiger partial charge in [-0.05, 0) is 79.9 Å². The van der Waals surface area contributed by atoms with Crippen LogP contribution in [-0.2, 0) is 29.2 Å². The van der Waals surface area contributed by atoms with E-state index in [9.17, 15) is 20.0 Å². The number of piperazine rings is 1. The molecule has 266 valence electrons. The maximum Gasteiger partial charge on any atom is 0.307 e. The molecule has 0 spiro atoms. The van der Waals surface area contributed by atoms with Crippen LogP contribution in [0.15, 0.2) is 52.9 Å². The number of carboxylic acid groups (broad SMARTS) is 1. The van der Waals surface area contributed by atoms with Gasteiger partial charge in [-0.1, -0.05) is 30.3 Å². The van der Waals surface area contributed by atoms with E-state index in [1.165, 1.54) is 0 Å². The number of hydrogen-bond acceptors (Lipinski definition) is 10. The average molecular weight is 716 g/mol. The van der Waals surface area contributed by atoms with Crippen molar-refractivity contribution in [1.29, 1.82) is 5.26 Å². The lowest BCUT2D eigenvalue weighted by Gasteiger charge is -2.32. The topological polar surface area (TPSA) is 130 Å². The molecule has 8 rings (SSSR count). The van der Waals surface area contributed by atoms with Gasteiger partial charge in [-0.3, -0.25) is 19.4 Å². The third-order valence-corrected chi connectivity index (χ3v) is 12.0. The summed E-state index contributed by atoms with van der Waals surface area (Å²) in [6, 6.07) is 18.5. The van der Waals surface area contributed by atoms with Crippen LogP contribution in [0.5, 0.6) is 0 Å². The second-order valence-electron chi connectivity index (χ2n) is 14.4. The number of aromatic nitrogens is 2. The van der Waals surface area contributed by atoms with E-state index in [-0.39, 0.29) is 11.8 Å². The number of benzene rings is 3. The van der Waals surface area contributed by atoms with Gasteiger partial charge in [0.25, 0.3) is 0 Å². The SMILES string of the molecule is Cc1c(-c2nc3cc(CN4CCC(C(=O)O)C4)cc(C#N)c3o2)cccc1-c1cccc(-c2nc3c(s2)CN(C(=O)CN2CCN(C)CC2)C3)c1C. The van der Waals surface area contributed by atoms with Crippen molar-refractivity contribution in [2.45, 2.75) is 39.9 Å². The molecule has 11 nitrogen and oxygen atoms in total. The first-order valence-corrected chi connectivity index (χ1v) is 18.6. The smallest absolute Gasteiger partial charge is 0.307 e. The van der Waals surface area contributed by atoms with Crippen molar-refractivity contribution >= 4 is 34.3 Å². The number of carboxylic acids is 1. The van der Waals surface area contributed by atoms with Crippen LogP contribution in [0.2, 0.25) is 0 Å². The van der Waals surface area contributed by atoms with Crippen LogP contribution in [-0.4, -0.2) is 99.4 Å². The van der Waals surface area contributed by atoms with E-state index < -0.39 is 5.97 Å². The lowest BCUT2D eigenvalue weighted by molar-refractivity contribution is -0.141. The zero-order valence-corrected chi connectivity index (χ0v) is 30.5. The lowest BCUT2D eigenvalue weighted by Crippen LogP contribution is -2.48. The van der Waals surface area contributed by atoms with Crippen LogP contribution in [0, 0.1) is 31.1 Å². The molecule has 0 radical (unpaired) electrons. The molecule has 2 saturated heterocycles. The highest BCUT2D eigenvalue weighted by Gasteiger charge is 2.30. The highest BCUT2D eigenvalue weighted by atomic mass is 32.1. The van der Waals surface area contributed by atoms with Gasteiger partial charge < -0.3 is 19.3 Å². The lowest BCUT2D eigenvalue weighted by atomic mass is 9.91. The summed E-state index contributed by atoms with van der Waals surface area (Å²) < 4.78 is 6.29. The van der Waals surface area contributed by atoms with Gasteiger partial charge in [0.15, 0.2) is 5.58 Å². The number of nitriles is 1. The summed E-state index contributed by atoms with van der Waals surface area (Å²) in [5.41, 5.74) is 9.60. The first kappa shape index (κ1) is 34.2. The number of aliphatic carboxylic acids is 1. The number of rotatable bonds is 8. The molecule has 1 atom stereocenters. The Morgan fingerprint density at radius 1 is 0.942 bits per heavy atom. The highest BCUT2D eigenvalue weighted by molar-refractivity contribution is 7.15. The van der Waals surface area contributed by atoms with E-state index in [2.05, 4.69) is 65.9 Å². The normalized spacial score (nSPS) is 18.3. The summed E-state index contributed by atoms with van der Waals surface area (Å²) >= 11 is 1.68. The molecular formula is C40H41N7O4S. The van der Waals surface area contributed by atoms with E-state index in [1.807, 2.05) is 29.2 Å². The van der Waals surface area contributed by atoms with Crippen LogP contribution in [0.25, 0.3) is 44.3 Å². The van der Waals surface area contributed by atoms with Crippen molar-refractivity contribution in [1.82, 2.24) is 29.6 Å². The number of fused-ring (bicyclic) bond motifs is 2. The number of oxazole rings is 1. The highest BCUT2D eigenvalue weighted by Crippen LogP contribution is 2.40. The maximum atomic E-state index is 13.1. The van der Waals surface area contributed by atoms with Crippen LogP contribution >= 0.6 is 11.3 Å². The van der Waals surface area contributed by atoms with Crippen LogP contribution < -0.4 is 0 Å². The number of amides is 1. The summed E-state index contributed by atoms with van der Waals surface area (Å²) in [4.78, 5) is 44.2. The number of carbonyl (C=O) groups is 2. The Kier molecular flexibility index (Phi) is 9.13. The molecule has 5 heterocycles. The van der Waals surface area contributed by atoms with Crippen molar-refractivity contribution in [3.05, 3.63) is 81.4 Å². The largest absolute Gasteiger partial charge is 0.481 e. The summed E-state index contributed by atoms with van der Waals surface area (Å²) in [5, 5.41) is 20.4. The minimum Gasteiger partial charge on any atom is -0.481 e. The number of nitrogens with zero attached hydrogens (tertiary/aromatic N) is 7. The van der Waals surface area contributed by atoms with Gasteiger partial charge in [0.2, 0.25) is 11.8 Å². The van der Waals surface area contributed by atoms with Crippen molar-refractivity contribution in [3.8, 4) is 39.2 Å². The molecule has 3 aliphatic heterocycles. The fraction of sp³-hybridized carbons (Fsp3) is 0.375. The van der Waals surface area contributed by atoms with Crippen molar-refractivity contribution < 1.29 is 19.1 Å². The number of thiazole rings is 1. The van der Waals surface area contributed by atoms with Gasteiger partial charge in [-0.2, -0.15) is 5.26 Å². The standard InChI is InChI=1S/C40H41N7O4S/c1-24-29(6-4-8-31(24)38-42-33-17-26(16-28(18-41)37(33)51-38)19-46-11-10-27(20-46)40(49)50)30-7-5-9-32(25(30)2)39-43-34-21-47(22-35(34)52-39)36(48)23-45-14-12-44(3)13-15-45/h4-9,16-17,27H,10-15,19-23H2,1-3H3,(H,49,50). The minimum atomic E-state index is -0.763. The van der Waals surface area contributed by atoms with Crippen LogP contribution in [0.4, 0.5) is 0 Å². The molecule has 1 unspecified atom stereocenters. The Labute approximate surface area is 306 Å². The Hall–Kier alpha value is -4.93. The van der Waals surface area contributed by atoms with Gasteiger partial charge in [0.1, 0.15) is 16.6 Å². The molecule has 12 heteroatoms. The number of likely N-dealkylation sites (tertiary alicyclic amines) is 1. The number of likely N-dealkylation sites (N-methyl/N-ethyl adjacent to an activating group) is 1. The molecule has 0 saturated carbocycles. The average Bonchev–Trinajstić information content (AvgIpc) is 3.93. The molecule has 2 fully saturated rings. The second kappa shape index (κ2) is 13.9. The minimum absolute atomic E-state index is 0.172. The zero-order valence-electron chi connectivity index (χ0n) is 29.7. The molecule has 0 bridgehead atoms. The molecule has 1 N–H and O–H groups in total. The van der Waals surface area contributed by atoms with Crippen molar-refractivity contribution in [3.63, 3.8) is 0 Å². The summed E-state index contributed by atoms with van der Waals surface area (Å²) in [5.74, 6) is -0.502. The van der Waals surface area contributed by atoms with E-state index >= 15 is 0 Å². The van der Waals surface area contributed by atoms with Crippen molar-refractivity contribution in [2.24, 2.45) is 5.92 Å². The molecule has 3 aromatic carbocycles. The Morgan fingerprint density at radius 3 is 2.35 bits per heavy atom. The third kappa shape index (κ3) is 6.50. The van der Waals surface area contributed by atoms with E-state index in [4.69, 9.17) is 14.4 Å².